The standard InChI is InChI=1S/C16H21NO3/c1-4-16(3,15(19)20)11-17-14(18)10-9-13-7-5-12(2)6-8-13/h5-10H,4,11H2,1-3H3,(H,17,18)(H,19,20)/b10-9+. The van der Waals surface area contributed by atoms with Crippen molar-refractivity contribution in [1.82, 2.24) is 5.32 Å². The Bertz CT molecular complexity index is 505. The average Bonchev–Trinajstić information content (AvgIpc) is 2.43. The first-order chi connectivity index (χ1) is 9.37. The van der Waals surface area contributed by atoms with Crippen LogP contribution >= 0.6 is 0 Å². The number of amides is 1. The topological polar surface area (TPSA) is 66.4 Å². The molecule has 0 bridgehead atoms. The fourth-order valence-corrected chi connectivity index (χ4v) is 1.54. The summed E-state index contributed by atoms with van der Waals surface area (Å²) in [7, 11) is 0. The van der Waals surface area contributed by atoms with Crippen molar-refractivity contribution >= 4 is 18.0 Å². The van der Waals surface area contributed by atoms with Crippen LogP contribution in [-0.2, 0) is 9.59 Å². The number of nitrogens with one attached hydrogen (secondary N) is 1. The largest absolute Gasteiger partial charge is 0.481 e. The van der Waals surface area contributed by atoms with Crippen molar-refractivity contribution in [1.29, 1.82) is 0 Å². The molecule has 0 saturated carbocycles. The second-order valence-corrected chi connectivity index (χ2v) is 5.18. The molecule has 0 aromatic heterocycles. The number of hydrogen-bond acceptors (Lipinski definition) is 2. The van der Waals surface area contributed by atoms with Gasteiger partial charge in [-0.3, -0.25) is 9.59 Å². The molecule has 0 aliphatic rings. The number of benzene rings is 1. The van der Waals surface area contributed by atoms with Gasteiger partial charge in [0.05, 0.1) is 5.41 Å². The van der Waals surface area contributed by atoms with E-state index < -0.39 is 11.4 Å². The lowest BCUT2D eigenvalue weighted by Crippen LogP contribution is -2.40. The minimum absolute atomic E-state index is 0.121. The molecule has 0 heterocycles. The molecule has 1 rings (SSSR count). The van der Waals surface area contributed by atoms with Crippen LogP contribution in [0.15, 0.2) is 30.3 Å². The Kier molecular flexibility index (Phi) is 5.50. The van der Waals surface area contributed by atoms with Gasteiger partial charge in [-0.1, -0.05) is 36.8 Å². The maximum Gasteiger partial charge on any atom is 0.311 e. The van der Waals surface area contributed by atoms with Crippen molar-refractivity contribution in [2.24, 2.45) is 5.41 Å². The van der Waals surface area contributed by atoms with Gasteiger partial charge in [0.15, 0.2) is 0 Å². The third kappa shape index (κ3) is 4.53. The molecular weight excluding hydrogens is 254 g/mol. The Morgan fingerprint density at radius 2 is 1.90 bits per heavy atom. The van der Waals surface area contributed by atoms with E-state index in [4.69, 9.17) is 5.11 Å². The fourth-order valence-electron chi connectivity index (χ4n) is 1.54. The highest BCUT2D eigenvalue weighted by Crippen LogP contribution is 2.19. The van der Waals surface area contributed by atoms with E-state index in [9.17, 15) is 9.59 Å². The molecule has 1 unspecified atom stereocenters. The molecule has 1 aromatic carbocycles. The average molecular weight is 275 g/mol. The predicted molar refractivity (Wildman–Crippen MR) is 79.3 cm³/mol. The molecule has 0 saturated heterocycles. The van der Waals surface area contributed by atoms with Crippen LogP contribution in [-0.4, -0.2) is 23.5 Å². The molecule has 0 aliphatic heterocycles. The van der Waals surface area contributed by atoms with Gasteiger partial charge in [0, 0.05) is 12.6 Å². The number of rotatable bonds is 6. The maximum atomic E-state index is 11.7. The zero-order valence-electron chi connectivity index (χ0n) is 12.1. The summed E-state index contributed by atoms with van der Waals surface area (Å²) >= 11 is 0. The predicted octanol–water partition coefficient (Wildman–Crippen LogP) is 2.63. The molecular formula is C16H21NO3. The van der Waals surface area contributed by atoms with Crippen LogP contribution in [0.2, 0.25) is 0 Å². The molecule has 0 aliphatic carbocycles. The number of aliphatic carboxylic acids is 1. The van der Waals surface area contributed by atoms with E-state index in [0.29, 0.717) is 6.42 Å². The SMILES string of the molecule is CCC(C)(CNC(=O)/C=C/c1ccc(C)cc1)C(=O)O. The Hall–Kier alpha value is -2.10. The van der Waals surface area contributed by atoms with Crippen LogP contribution in [0.25, 0.3) is 6.08 Å². The normalized spacial score (nSPS) is 13.9. The first-order valence-corrected chi connectivity index (χ1v) is 6.63. The lowest BCUT2D eigenvalue weighted by molar-refractivity contribution is -0.148. The summed E-state index contributed by atoms with van der Waals surface area (Å²) < 4.78 is 0. The number of aryl methyl sites for hydroxylation is 1. The van der Waals surface area contributed by atoms with Crippen molar-refractivity contribution in [3.63, 3.8) is 0 Å². The second kappa shape index (κ2) is 6.89. The van der Waals surface area contributed by atoms with E-state index in [1.807, 2.05) is 31.2 Å². The summed E-state index contributed by atoms with van der Waals surface area (Å²) in [5.41, 5.74) is 1.17. The summed E-state index contributed by atoms with van der Waals surface area (Å²) in [6.07, 6.45) is 3.59. The first-order valence-electron chi connectivity index (χ1n) is 6.63. The minimum Gasteiger partial charge on any atom is -0.481 e. The summed E-state index contributed by atoms with van der Waals surface area (Å²) in [6.45, 7) is 5.54. The molecule has 1 atom stereocenters. The van der Waals surface area contributed by atoms with Crippen molar-refractivity contribution < 1.29 is 14.7 Å². The van der Waals surface area contributed by atoms with Gasteiger partial charge in [0.1, 0.15) is 0 Å². The number of carboxylic acids is 1. The molecule has 1 aromatic rings. The molecule has 4 nitrogen and oxygen atoms in total. The Balaban J connectivity index is 2.56. The molecule has 0 spiro atoms. The molecule has 4 heteroatoms. The Morgan fingerprint density at radius 3 is 2.40 bits per heavy atom. The first kappa shape index (κ1) is 16.0. The smallest absolute Gasteiger partial charge is 0.311 e. The van der Waals surface area contributed by atoms with Crippen LogP contribution in [0.5, 0.6) is 0 Å². The van der Waals surface area contributed by atoms with Gasteiger partial charge in [0.25, 0.3) is 0 Å². The van der Waals surface area contributed by atoms with E-state index in [1.165, 1.54) is 6.08 Å². The van der Waals surface area contributed by atoms with E-state index >= 15 is 0 Å². The zero-order chi connectivity index (χ0) is 15.2. The lowest BCUT2D eigenvalue weighted by atomic mass is 9.88. The van der Waals surface area contributed by atoms with Crippen LogP contribution < -0.4 is 5.32 Å². The van der Waals surface area contributed by atoms with Crippen LogP contribution in [0.3, 0.4) is 0 Å². The Morgan fingerprint density at radius 1 is 1.30 bits per heavy atom. The van der Waals surface area contributed by atoms with E-state index in [2.05, 4.69) is 5.32 Å². The zero-order valence-corrected chi connectivity index (χ0v) is 12.1. The lowest BCUT2D eigenvalue weighted by Gasteiger charge is -2.22. The fraction of sp³-hybridized carbons (Fsp3) is 0.375. The number of hydrogen-bond donors (Lipinski definition) is 2. The maximum absolute atomic E-state index is 11.7. The monoisotopic (exact) mass is 275 g/mol. The van der Waals surface area contributed by atoms with Crippen molar-refractivity contribution in [2.45, 2.75) is 27.2 Å². The van der Waals surface area contributed by atoms with Gasteiger partial charge in [-0.25, -0.2) is 0 Å². The highest BCUT2D eigenvalue weighted by Gasteiger charge is 2.31. The van der Waals surface area contributed by atoms with Crippen molar-refractivity contribution in [3.05, 3.63) is 41.5 Å². The molecule has 2 N–H and O–H groups in total. The van der Waals surface area contributed by atoms with Gasteiger partial charge < -0.3 is 10.4 Å². The third-order valence-electron chi connectivity index (χ3n) is 3.45. The molecule has 0 fully saturated rings. The molecule has 20 heavy (non-hydrogen) atoms. The molecule has 108 valence electrons. The number of carbonyl (C=O) groups is 2. The van der Waals surface area contributed by atoms with Gasteiger partial charge in [-0.15, -0.1) is 0 Å². The summed E-state index contributed by atoms with van der Waals surface area (Å²) in [5.74, 6) is -1.19. The minimum atomic E-state index is -0.923. The van der Waals surface area contributed by atoms with Crippen LogP contribution in [0.1, 0.15) is 31.4 Å². The van der Waals surface area contributed by atoms with Gasteiger partial charge >= 0.3 is 5.97 Å². The summed E-state index contributed by atoms with van der Waals surface area (Å²) in [5, 5.41) is 11.7. The van der Waals surface area contributed by atoms with E-state index in [-0.39, 0.29) is 12.5 Å². The van der Waals surface area contributed by atoms with Gasteiger partial charge in [0.2, 0.25) is 5.91 Å². The van der Waals surface area contributed by atoms with Crippen LogP contribution in [0.4, 0.5) is 0 Å². The number of carboxylic acid groups (broad SMARTS) is 1. The highest BCUT2D eigenvalue weighted by molar-refractivity contribution is 5.92. The summed E-state index contributed by atoms with van der Waals surface area (Å²) in [6, 6.07) is 7.78. The van der Waals surface area contributed by atoms with E-state index in [0.717, 1.165) is 11.1 Å². The quantitative estimate of drug-likeness (QED) is 0.784. The highest BCUT2D eigenvalue weighted by atomic mass is 16.4. The van der Waals surface area contributed by atoms with Crippen molar-refractivity contribution in [3.8, 4) is 0 Å². The Labute approximate surface area is 119 Å². The second-order valence-electron chi connectivity index (χ2n) is 5.18. The van der Waals surface area contributed by atoms with Crippen LogP contribution in [0, 0.1) is 12.3 Å². The van der Waals surface area contributed by atoms with E-state index in [1.54, 1.807) is 19.9 Å². The van der Waals surface area contributed by atoms with Gasteiger partial charge in [-0.05, 0) is 31.9 Å². The molecule has 1 amide bonds. The molecule has 0 radical (unpaired) electrons. The number of carbonyl (C=O) groups excluding carboxylic acids is 1. The van der Waals surface area contributed by atoms with Gasteiger partial charge in [-0.2, -0.15) is 0 Å². The summed E-state index contributed by atoms with van der Waals surface area (Å²) in [4.78, 5) is 22.8. The third-order valence-corrected chi connectivity index (χ3v) is 3.45. The van der Waals surface area contributed by atoms with Crippen molar-refractivity contribution in [2.75, 3.05) is 6.54 Å².